The molecule has 0 N–H and O–H groups in total. The molecule has 2 aromatic carbocycles. The van der Waals surface area contributed by atoms with E-state index in [-0.39, 0.29) is 5.91 Å². The lowest BCUT2D eigenvalue weighted by molar-refractivity contribution is 0.0739. The number of piperidine rings is 1. The summed E-state index contributed by atoms with van der Waals surface area (Å²) in [6.45, 7) is 7.93. The minimum atomic E-state index is -3.35. The van der Waals surface area contributed by atoms with Gasteiger partial charge in [-0.15, -0.1) is 0 Å². The predicted molar refractivity (Wildman–Crippen MR) is 161 cm³/mol. The van der Waals surface area contributed by atoms with Crippen LogP contribution in [0.1, 0.15) is 45.7 Å². The van der Waals surface area contributed by atoms with Gasteiger partial charge >= 0.3 is 0 Å². The zero-order valence-corrected chi connectivity index (χ0v) is 24.8. The van der Waals surface area contributed by atoms with Crippen molar-refractivity contribution in [3.05, 3.63) is 82.7 Å². The number of aryl methyl sites for hydroxylation is 2. The highest BCUT2D eigenvalue weighted by Crippen LogP contribution is 2.29. The average molecular weight is 572 g/mol. The maximum absolute atomic E-state index is 13.6. The molecule has 0 unspecified atom stereocenters. The quantitative estimate of drug-likeness (QED) is 0.433. The minimum Gasteiger partial charge on any atom is -0.370 e. The molecule has 2 aliphatic rings. The Labute approximate surface area is 243 Å². The van der Waals surface area contributed by atoms with Gasteiger partial charge in [0.1, 0.15) is 11.8 Å². The Bertz CT molecular complexity index is 1580. The molecule has 2 aliphatic heterocycles. The topological polar surface area (TPSA) is 97.6 Å². The molecule has 214 valence electrons. The van der Waals surface area contributed by atoms with E-state index in [1.807, 2.05) is 53.1 Å². The molecule has 9 heteroatoms. The van der Waals surface area contributed by atoms with Crippen molar-refractivity contribution in [2.45, 2.75) is 38.0 Å². The van der Waals surface area contributed by atoms with Crippen LogP contribution in [0.5, 0.6) is 0 Å². The Kier molecular flexibility index (Phi) is 8.32. The number of para-hydroxylation sites is 2. The summed E-state index contributed by atoms with van der Waals surface area (Å²) in [4.78, 5) is 25.0. The third-order valence-electron chi connectivity index (χ3n) is 8.35. The first kappa shape index (κ1) is 28.6. The number of pyridine rings is 1. The van der Waals surface area contributed by atoms with Crippen LogP contribution in [0.4, 0.5) is 11.4 Å². The van der Waals surface area contributed by atoms with E-state index in [2.05, 4.69) is 24.0 Å². The Morgan fingerprint density at radius 3 is 2.17 bits per heavy atom. The molecule has 8 nitrogen and oxygen atoms in total. The summed E-state index contributed by atoms with van der Waals surface area (Å²) in [5, 5.41) is 9.48. The van der Waals surface area contributed by atoms with Crippen LogP contribution >= 0.6 is 0 Å². The molecule has 2 fully saturated rings. The molecule has 41 heavy (non-hydrogen) atoms. The van der Waals surface area contributed by atoms with Crippen molar-refractivity contribution < 1.29 is 13.2 Å². The molecule has 0 saturated carbocycles. The molecular weight excluding hydrogens is 534 g/mol. The SMILES string of the molecule is Cc1cc(C)c(C(=O)N2CCN(c3ccccc3S(C)(=O)=O)CC2)nc1CC1CCN(c2ccccc2C#N)CC1. The molecule has 0 bridgehead atoms. The molecule has 5 rings (SSSR count). The van der Waals surface area contributed by atoms with E-state index < -0.39 is 9.84 Å². The fraction of sp³-hybridized carbons (Fsp3) is 0.406. The predicted octanol–water partition coefficient (Wildman–Crippen LogP) is 4.40. The second-order valence-electron chi connectivity index (χ2n) is 11.2. The molecule has 3 heterocycles. The van der Waals surface area contributed by atoms with Crippen LogP contribution in [0.2, 0.25) is 0 Å². The summed E-state index contributed by atoms with van der Waals surface area (Å²) in [6.07, 6.45) is 4.08. The van der Waals surface area contributed by atoms with Crippen molar-refractivity contribution in [3.8, 4) is 6.07 Å². The smallest absolute Gasteiger partial charge is 0.272 e. The van der Waals surface area contributed by atoms with E-state index in [4.69, 9.17) is 4.98 Å². The Hall–Kier alpha value is -3.90. The Balaban J connectivity index is 1.24. The number of carbonyl (C=O) groups is 1. The lowest BCUT2D eigenvalue weighted by Crippen LogP contribution is -2.49. The second kappa shape index (κ2) is 11.9. The summed E-state index contributed by atoms with van der Waals surface area (Å²) < 4.78 is 24.6. The number of aromatic nitrogens is 1. The average Bonchev–Trinajstić information content (AvgIpc) is 2.98. The normalized spacial score (nSPS) is 16.5. The highest BCUT2D eigenvalue weighted by molar-refractivity contribution is 7.90. The van der Waals surface area contributed by atoms with Gasteiger partial charge in [-0.25, -0.2) is 13.4 Å². The summed E-state index contributed by atoms with van der Waals surface area (Å²) in [5.74, 6) is 0.401. The van der Waals surface area contributed by atoms with Gasteiger partial charge in [-0.1, -0.05) is 30.3 Å². The zero-order valence-electron chi connectivity index (χ0n) is 24.0. The Morgan fingerprint density at radius 2 is 1.51 bits per heavy atom. The van der Waals surface area contributed by atoms with Crippen LogP contribution in [0.25, 0.3) is 0 Å². The van der Waals surface area contributed by atoms with Gasteiger partial charge in [0.05, 0.1) is 21.8 Å². The van der Waals surface area contributed by atoms with Crippen LogP contribution in [0, 0.1) is 31.1 Å². The summed E-state index contributed by atoms with van der Waals surface area (Å²) >= 11 is 0. The summed E-state index contributed by atoms with van der Waals surface area (Å²) in [7, 11) is -3.35. The largest absolute Gasteiger partial charge is 0.370 e. The second-order valence-corrected chi connectivity index (χ2v) is 13.2. The monoisotopic (exact) mass is 571 g/mol. The number of nitrogens with zero attached hydrogens (tertiary/aromatic N) is 5. The molecule has 3 aromatic rings. The lowest BCUT2D eigenvalue weighted by atomic mass is 9.90. The number of piperazine rings is 1. The summed E-state index contributed by atoms with van der Waals surface area (Å²) in [6, 6.07) is 19.2. The fourth-order valence-corrected chi connectivity index (χ4v) is 6.94. The van der Waals surface area contributed by atoms with Crippen molar-refractivity contribution in [3.63, 3.8) is 0 Å². The van der Waals surface area contributed by atoms with Gasteiger partial charge in [0.25, 0.3) is 5.91 Å². The summed E-state index contributed by atoms with van der Waals surface area (Å²) in [5.41, 5.74) is 5.89. The van der Waals surface area contributed by atoms with E-state index in [1.54, 1.807) is 12.1 Å². The van der Waals surface area contributed by atoms with Crippen LogP contribution in [-0.4, -0.2) is 69.7 Å². The van der Waals surface area contributed by atoms with Crippen LogP contribution < -0.4 is 9.80 Å². The zero-order chi connectivity index (χ0) is 29.1. The number of sulfone groups is 1. The third kappa shape index (κ3) is 6.23. The van der Waals surface area contributed by atoms with E-state index in [0.29, 0.717) is 53.9 Å². The standard InChI is InChI=1S/C32H37N5O3S/c1-23-20-24(2)31(32(38)37-18-16-36(17-19-37)29-10-6-7-11-30(29)41(3,39)40)34-27(23)21-25-12-14-35(15-13-25)28-9-5-4-8-26(28)22-33/h4-11,20,25H,12-19,21H2,1-3H3. The third-order valence-corrected chi connectivity index (χ3v) is 9.49. The number of amides is 1. The first-order chi connectivity index (χ1) is 19.7. The number of rotatable bonds is 6. The number of hydrogen-bond donors (Lipinski definition) is 0. The van der Waals surface area contributed by atoms with Gasteiger partial charge in [-0.2, -0.15) is 5.26 Å². The number of anilines is 2. The highest BCUT2D eigenvalue weighted by atomic mass is 32.2. The van der Waals surface area contributed by atoms with E-state index in [9.17, 15) is 18.5 Å². The number of benzene rings is 2. The first-order valence-corrected chi connectivity index (χ1v) is 16.1. The maximum atomic E-state index is 13.6. The lowest BCUT2D eigenvalue weighted by Gasteiger charge is -2.37. The minimum absolute atomic E-state index is 0.0669. The van der Waals surface area contributed by atoms with Gasteiger partial charge in [-0.3, -0.25) is 4.79 Å². The Morgan fingerprint density at radius 1 is 0.902 bits per heavy atom. The first-order valence-electron chi connectivity index (χ1n) is 14.2. The van der Waals surface area contributed by atoms with Gasteiger partial charge in [0.2, 0.25) is 0 Å². The molecule has 0 aliphatic carbocycles. The van der Waals surface area contributed by atoms with Crippen molar-refractivity contribution >= 4 is 27.1 Å². The molecular formula is C32H37N5O3S. The van der Waals surface area contributed by atoms with Gasteiger partial charge in [0.15, 0.2) is 9.84 Å². The molecule has 2 saturated heterocycles. The maximum Gasteiger partial charge on any atom is 0.272 e. The number of carbonyl (C=O) groups excluding carboxylic acids is 1. The van der Waals surface area contributed by atoms with Crippen LogP contribution in [0.3, 0.4) is 0 Å². The number of hydrogen-bond acceptors (Lipinski definition) is 7. The van der Waals surface area contributed by atoms with E-state index in [1.165, 1.54) is 6.26 Å². The molecule has 0 radical (unpaired) electrons. The highest BCUT2D eigenvalue weighted by Gasteiger charge is 2.28. The van der Waals surface area contributed by atoms with E-state index in [0.717, 1.165) is 54.9 Å². The van der Waals surface area contributed by atoms with E-state index >= 15 is 0 Å². The molecule has 0 atom stereocenters. The fourth-order valence-electron chi connectivity index (χ4n) is 6.04. The number of nitriles is 1. The van der Waals surface area contributed by atoms with Crippen molar-refractivity contribution in [2.75, 3.05) is 55.3 Å². The molecule has 1 amide bonds. The molecule has 1 aromatic heterocycles. The van der Waals surface area contributed by atoms with Gasteiger partial charge < -0.3 is 14.7 Å². The van der Waals surface area contributed by atoms with Gasteiger partial charge in [-0.05, 0) is 74.4 Å². The van der Waals surface area contributed by atoms with Crippen molar-refractivity contribution in [2.24, 2.45) is 5.92 Å². The van der Waals surface area contributed by atoms with Crippen LogP contribution in [-0.2, 0) is 16.3 Å². The van der Waals surface area contributed by atoms with Crippen molar-refractivity contribution in [1.82, 2.24) is 9.88 Å². The molecule has 0 spiro atoms. The van der Waals surface area contributed by atoms with Crippen molar-refractivity contribution in [1.29, 1.82) is 5.26 Å². The van der Waals surface area contributed by atoms with Crippen LogP contribution in [0.15, 0.2) is 59.5 Å². The van der Waals surface area contributed by atoms with Gasteiger partial charge in [0, 0.05) is 51.2 Å².